The number of hydrogen-bond donors (Lipinski definition) is 1. The highest BCUT2D eigenvalue weighted by atomic mass is 19.4. The van der Waals surface area contributed by atoms with Gasteiger partial charge in [0.2, 0.25) is 11.8 Å². The number of likely N-dealkylation sites (tertiary alicyclic amines) is 1. The first-order valence-corrected chi connectivity index (χ1v) is 13.9. The van der Waals surface area contributed by atoms with Crippen LogP contribution in [0.4, 0.5) is 13.2 Å². The van der Waals surface area contributed by atoms with Gasteiger partial charge < -0.3 is 14.7 Å². The lowest BCUT2D eigenvalue weighted by molar-refractivity contribution is -0.137. The van der Waals surface area contributed by atoms with Gasteiger partial charge in [-0.2, -0.15) is 18.2 Å². The minimum absolute atomic E-state index is 0.000182. The molecule has 9 heteroatoms. The average molecular weight is 541 g/mol. The molecule has 0 spiro atoms. The Morgan fingerprint density at radius 1 is 1.03 bits per heavy atom. The fourth-order valence-electron chi connectivity index (χ4n) is 5.43. The van der Waals surface area contributed by atoms with Crippen LogP contribution in [0.2, 0.25) is 0 Å². The van der Waals surface area contributed by atoms with E-state index in [4.69, 9.17) is 4.52 Å². The van der Waals surface area contributed by atoms with Crippen molar-refractivity contribution < 1.29 is 22.5 Å². The van der Waals surface area contributed by atoms with Crippen LogP contribution in [0.1, 0.15) is 85.3 Å². The van der Waals surface area contributed by atoms with E-state index in [1.165, 1.54) is 18.6 Å². The molecule has 1 saturated carbocycles. The van der Waals surface area contributed by atoms with E-state index in [1.54, 1.807) is 0 Å². The molecule has 1 atom stereocenters. The van der Waals surface area contributed by atoms with Crippen molar-refractivity contribution in [1.82, 2.24) is 20.4 Å². The standard InChI is InChI=1S/C30H35F3N4O2/c31-30(32,33)25-11-9-22(10-12-25)19-27-35-29(39-36-27)24-13-16-37(17-14-24)18-15-26(23-7-2-1-3-8-23)34-28(38)20-21-5-4-6-21/h1-3,7-12,21,24,26H,4-6,13-20H2,(H,34,38)/t26-/m0/s1. The molecule has 1 N–H and O–H groups in total. The second kappa shape index (κ2) is 12.3. The predicted molar refractivity (Wildman–Crippen MR) is 141 cm³/mol. The van der Waals surface area contributed by atoms with Gasteiger partial charge in [-0.25, -0.2) is 0 Å². The summed E-state index contributed by atoms with van der Waals surface area (Å²) in [5.41, 5.74) is 1.18. The van der Waals surface area contributed by atoms with Crippen LogP contribution in [0, 0.1) is 5.92 Å². The van der Waals surface area contributed by atoms with Gasteiger partial charge in [-0.1, -0.05) is 54.0 Å². The Bertz CT molecular complexity index is 1200. The first-order valence-electron chi connectivity index (χ1n) is 13.9. The minimum atomic E-state index is -4.35. The van der Waals surface area contributed by atoms with Crippen molar-refractivity contribution in [2.45, 2.75) is 69.5 Å². The number of hydrogen-bond acceptors (Lipinski definition) is 5. The monoisotopic (exact) mass is 540 g/mol. The Balaban J connectivity index is 1.10. The lowest BCUT2D eigenvalue weighted by atomic mass is 9.83. The number of carbonyl (C=O) groups is 1. The van der Waals surface area contributed by atoms with Gasteiger partial charge in [0.25, 0.3) is 0 Å². The molecule has 1 aliphatic carbocycles. The van der Waals surface area contributed by atoms with Crippen molar-refractivity contribution in [3.05, 3.63) is 83.0 Å². The third-order valence-corrected chi connectivity index (χ3v) is 8.03. The van der Waals surface area contributed by atoms with Gasteiger partial charge >= 0.3 is 6.18 Å². The van der Waals surface area contributed by atoms with Crippen molar-refractivity contribution in [3.8, 4) is 0 Å². The molecule has 0 bridgehead atoms. The smallest absolute Gasteiger partial charge is 0.349 e. The maximum Gasteiger partial charge on any atom is 0.416 e. The molecule has 5 rings (SSSR count). The summed E-state index contributed by atoms with van der Waals surface area (Å²) in [5, 5.41) is 7.35. The number of rotatable bonds is 10. The first-order chi connectivity index (χ1) is 18.8. The molecule has 6 nitrogen and oxygen atoms in total. The molecule has 1 amide bonds. The average Bonchev–Trinajstić information content (AvgIpc) is 3.38. The number of amides is 1. The molecule has 208 valence electrons. The second-order valence-corrected chi connectivity index (χ2v) is 10.9. The Hall–Kier alpha value is -3.20. The molecule has 0 unspecified atom stereocenters. The molecule has 2 aliphatic rings. The SMILES string of the molecule is O=C(CC1CCC1)N[C@@H](CCN1CCC(c2nc(Cc3ccc(C(F)(F)F)cc3)no2)CC1)c1ccccc1. The summed E-state index contributed by atoms with van der Waals surface area (Å²) in [6.45, 7) is 2.69. The fraction of sp³-hybridized carbons (Fsp3) is 0.500. The number of nitrogens with zero attached hydrogens (tertiary/aromatic N) is 3. The third-order valence-electron chi connectivity index (χ3n) is 8.03. The van der Waals surface area contributed by atoms with Crippen LogP contribution < -0.4 is 5.32 Å². The number of piperidine rings is 1. The van der Waals surface area contributed by atoms with E-state index in [1.807, 2.05) is 18.2 Å². The van der Waals surface area contributed by atoms with Crippen LogP contribution in [0.25, 0.3) is 0 Å². The van der Waals surface area contributed by atoms with Gasteiger partial charge in [0, 0.05) is 25.3 Å². The highest BCUT2D eigenvalue weighted by Crippen LogP contribution is 2.31. The maximum absolute atomic E-state index is 12.8. The molecule has 0 radical (unpaired) electrons. The van der Waals surface area contributed by atoms with Gasteiger partial charge in [0.1, 0.15) is 0 Å². The highest BCUT2D eigenvalue weighted by molar-refractivity contribution is 5.76. The van der Waals surface area contributed by atoms with Crippen LogP contribution in [-0.4, -0.2) is 40.6 Å². The molecule has 1 aliphatic heterocycles. The molecule has 39 heavy (non-hydrogen) atoms. The Morgan fingerprint density at radius 2 is 1.74 bits per heavy atom. The van der Waals surface area contributed by atoms with Gasteiger partial charge in [-0.05, 0) is 74.4 Å². The van der Waals surface area contributed by atoms with E-state index in [0.29, 0.717) is 36.0 Å². The van der Waals surface area contributed by atoms with Gasteiger partial charge in [0.05, 0.1) is 11.6 Å². The van der Waals surface area contributed by atoms with E-state index in [0.717, 1.165) is 69.4 Å². The molecule has 1 aromatic heterocycles. The first kappa shape index (κ1) is 27.4. The third kappa shape index (κ3) is 7.47. The maximum atomic E-state index is 12.8. The number of carbonyl (C=O) groups excluding carboxylic acids is 1. The summed E-state index contributed by atoms with van der Waals surface area (Å²) in [7, 11) is 0. The highest BCUT2D eigenvalue weighted by Gasteiger charge is 2.30. The molecule has 1 saturated heterocycles. The van der Waals surface area contributed by atoms with Gasteiger partial charge in [-0.15, -0.1) is 0 Å². The molecule has 2 aromatic carbocycles. The minimum Gasteiger partial charge on any atom is -0.349 e. The molecular weight excluding hydrogens is 505 g/mol. The summed E-state index contributed by atoms with van der Waals surface area (Å²) in [6, 6.07) is 15.3. The van der Waals surface area contributed by atoms with Crippen LogP contribution in [0.3, 0.4) is 0 Å². The zero-order valence-electron chi connectivity index (χ0n) is 22.0. The normalized spacial score (nSPS) is 18.0. The van der Waals surface area contributed by atoms with Crippen molar-refractivity contribution in [1.29, 1.82) is 0 Å². The van der Waals surface area contributed by atoms with E-state index >= 15 is 0 Å². The summed E-state index contributed by atoms with van der Waals surface area (Å²) >= 11 is 0. The van der Waals surface area contributed by atoms with Crippen molar-refractivity contribution in [2.24, 2.45) is 5.92 Å². The number of halogens is 3. The van der Waals surface area contributed by atoms with E-state index in [2.05, 4.69) is 32.5 Å². The van der Waals surface area contributed by atoms with Crippen molar-refractivity contribution >= 4 is 5.91 Å². The lowest BCUT2D eigenvalue weighted by Gasteiger charge is -2.32. The van der Waals surface area contributed by atoms with E-state index in [9.17, 15) is 18.0 Å². The van der Waals surface area contributed by atoms with Crippen molar-refractivity contribution in [3.63, 3.8) is 0 Å². The van der Waals surface area contributed by atoms with Crippen LogP contribution in [-0.2, 0) is 17.4 Å². The van der Waals surface area contributed by atoms with Gasteiger partial charge in [-0.3, -0.25) is 4.79 Å². The van der Waals surface area contributed by atoms with E-state index in [-0.39, 0.29) is 17.9 Å². The number of alkyl halides is 3. The Labute approximate surface area is 227 Å². The van der Waals surface area contributed by atoms with Gasteiger partial charge in [0.15, 0.2) is 5.82 Å². The van der Waals surface area contributed by atoms with Crippen molar-refractivity contribution in [2.75, 3.05) is 19.6 Å². The summed E-state index contributed by atoms with van der Waals surface area (Å²) in [5.74, 6) is 1.94. The van der Waals surface area contributed by atoms with E-state index < -0.39 is 11.7 Å². The second-order valence-electron chi connectivity index (χ2n) is 10.9. The quantitative estimate of drug-likeness (QED) is 0.327. The summed E-state index contributed by atoms with van der Waals surface area (Å²) in [4.78, 5) is 19.6. The van der Waals surface area contributed by atoms with Crippen LogP contribution in [0.15, 0.2) is 59.1 Å². The summed E-state index contributed by atoms with van der Waals surface area (Å²) in [6.07, 6.45) is 2.80. The molecule has 2 fully saturated rings. The number of aromatic nitrogens is 2. The zero-order chi connectivity index (χ0) is 27.2. The number of nitrogens with one attached hydrogen (secondary N) is 1. The Kier molecular flexibility index (Phi) is 8.65. The molecule has 2 heterocycles. The topological polar surface area (TPSA) is 71.3 Å². The largest absolute Gasteiger partial charge is 0.416 e. The predicted octanol–water partition coefficient (Wildman–Crippen LogP) is 6.30. The van der Waals surface area contributed by atoms with Crippen LogP contribution in [0.5, 0.6) is 0 Å². The summed E-state index contributed by atoms with van der Waals surface area (Å²) < 4.78 is 43.9. The fourth-order valence-corrected chi connectivity index (χ4v) is 5.43. The number of benzene rings is 2. The molecular formula is C30H35F3N4O2. The lowest BCUT2D eigenvalue weighted by Crippen LogP contribution is -2.37. The molecule has 3 aromatic rings. The zero-order valence-corrected chi connectivity index (χ0v) is 22.0. The Morgan fingerprint density at radius 3 is 2.38 bits per heavy atom. The van der Waals surface area contributed by atoms with Crippen LogP contribution >= 0.6 is 0 Å².